The third kappa shape index (κ3) is 3.83. The summed E-state index contributed by atoms with van der Waals surface area (Å²) in [5, 5.41) is 6.42. The number of rotatable bonds is 4. The first-order valence-corrected chi connectivity index (χ1v) is 8.00. The molecule has 0 spiro atoms. The zero-order chi connectivity index (χ0) is 16.9. The van der Waals surface area contributed by atoms with E-state index in [0.717, 1.165) is 5.56 Å². The highest BCUT2D eigenvalue weighted by Crippen LogP contribution is 2.18. The van der Waals surface area contributed by atoms with Gasteiger partial charge in [0.25, 0.3) is 5.91 Å². The monoisotopic (exact) mass is 344 g/mol. The molecular weight excluding hydrogens is 328 g/mol. The summed E-state index contributed by atoms with van der Waals surface area (Å²) in [6.45, 7) is 1.70. The Morgan fingerprint density at radius 2 is 2.08 bits per heavy atom. The number of hydrogen-bond acceptors (Lipinski definition) is 4. The number of piperazine rings is 1. The number of carbonyl (C=O) groups is 2. The van der Waals surface area contributed by atoms with E-state index in [1.807, 2.05) is 12.1 Å². The van der Waals surface area contributed by atoms with Crippen LogP contribution in [0.15, 0.2) is 42.6 Å². The quantitative estimate of drug-likeness (QED) is 0.888. The maximum Gasteiger partial charge on any atom is 0.254 e. The highest BCUT2D eigenvalue weighted by molar-refractivity contribution is 6.32. The standard InChI is InChI=1S/C17H17ClN4O2/c18-14-2-1-7-20-16(14)21-10-12-3-5-13(6-4-12)17(24)22-9-8-19-15(23)11-22/h1-7H,8-11H2,(H,19,23)(H,20,21). The van der Waals surface area contributed by atoms with Gasteiger partial charge >= 0.3 is 0 Å². The molecular formula is C17H17ClN4O2. The number of amides is 2. The number of hydrogen-bond donors (Lipinski definition) is 2. The molecule has 24 heavy (non-hydrogen) atoms. The molecule has 2 amide bonds. The number of nitrogens with zero attached hydrogens (tertiary/aromatic N) is 2. The van der Waals surface area contributed by atoms with Gasteiger partial charge in [0.2, 0.25) is 5.91 Å². The Balaban J connectivity index is 1.62. The van der Waals surface area contributed by atoms with Crippen molar-refractivity contribution in [3.05, 3.63) is 58.7 Å². The lowest BCUT2D eigenvalue weighted by molar-refractivity contribution is -0.123. The summed E-state index contributed by atoms with van der Waals surface area (Å²) in [6.07, 6.45) is 1.67. The summed E-state index contributed by atoms with van der Waals surface area (Å²) in [4.78, 5) is 29.5. The Kier molecular flexibility index (Phi) is 4.96. The zero-order valence-electron chi connectivity index (χ0n) is 13.0. The van der Waals surface area contributed by atoms with Gasteiger partial charge in [0, 0.05) is 31.4 Å². The van der Waals surface area contributed by atoms with E-state index in [4.69, 9.17) is 11.6 Å². The van der Waals surface area contributed by atoms with Gasteiger partial charge in [0.05, 0.1) is 11.6 Å². The minimum Gasteiger partial charge on any atom is -0.365 e. The largest absolute Gasteiger partial charge is 0.365 e. The van der Waals surface area contributed by atoms with Crippen molar-refractivity contribution in [2.45, 2.75) is 6.54 Å². The summed E-state index contributed by atoms with van der Waals surface area (Å²) in [6, 6.07) is 10.8. The molecule has 2 N–H and O–H groups in total. The second-order valence-electron chi connectivity index (χ2n) is 5.46. The van der Waals surface area contributed by atoms with E-state index in [9.17, 15) is 9.59 Å². The zero-order valence-corrected chi connectivity index (χ0v) is 13.7. The topological polar surface area (TPSA) is 74.3 Å². The number of pyridine rings is 1. The Hall–Kier alpha value is -2.60. The van der Waals surface area contributed by atoms with Crippen LogP contribution in [0.2, 0.25) is 5.02 Å². The first kappa shape index (κ1) is 16.3. The van der Waals surface area contributed by atoms with Gasteiger partial charge in [0.1, 0.15) is 5.82 Å². The SMILES string of the molecule is O=C1CN(C(=O)c2ccc(CNc3ncccc3Cl)cc2)CCN1. The first-order chi connectivity index (χ1) is 11.6. The third-order valence-electron chi connectivity index (χ3n) is 3.74. The van der Waals surface area contributed by atoms with Crippen LogP contribution in [0.4, 0.5) is 5.82 Å². The minimum atomic E-state index is -0.128. The van der Waals surface area contributed by atoms with Crippen LogP contribution in [0, 0.1) is 0 Å². The van der Waals surface area contributed by atoms with E-state index in [-0.39, 0.29) is 18.4 Å². The lowest BCUT2D eigenvalue weighted by atomic mass is 10.1. The second-order valence-corrected chi connectivity index (χ2v) is 5.87. The molecule has 0 saturated carbocycles. The van der Waals surface area contributed by atoms with Gasteiger partial charge in [-0.2, -0.15) is 0 Å². The normalized spacial score (nSPS) is 14.2. The van der Waals surface area contributed by atoms with E-state index >= 15 is 0 Å². The summed E-state index contributed by atoms with van der Waals surface area (Å²) < 4.78 is 0. The number of nitrogens with one attached hydrogen (secondary N) is 2. The highest BCUT2D eigenvalue weighted by Gasteiger charge is 2.21. The fourth-order valence-electron chi connectivity index (χ4n) is 2.46. The van der Waals surface area contributed by atoms with Crippen LogP contribution in [-0.2, 0) is 11.3 Å². The van der Waals surface area contributed by atoms with Crippen molar-refractivity contribution in [3.8, 4) is 0 Å². The molecule has 1 aromatic carbocycles. The second kappa shape index (κ2) is 7.31. The van der Waals surface area contributed by atoms with E-state index < -0.39 is 0 Å². The van der Waals surface area contributed by atoms with Crippen molar-refractivity contribution in [1.82, 2.24) is 15.2 Å². The van der Waals surface area contributed by atoms with Crippen molar-refractivity contribution >= 4 is 29.2 Å². The van der Waals surface area contributed by atoms with Gasteiger partial charge in [-0.3, -0.25) is 9.59 Å². The van der Waals surface area contributed by atoms with Crippen molar-refractivity contribution in [3.63, 3.8) is 0 Å². The first-order valence-electron chi connectivity index (χ1n) is 7.63. The van der Waals surface area contributed by atoms with E-state index in [0.29, 0.717) is 36.0 Å². The Morgan fingerprint density at radius 3 is 2.79 bits per heavy atom. The van der Waals surface area contributed by atoms with Gasteiger partial charge in [-0.1, -0.05) is 23.7 Å². The van der Waals surface area contributed by atoms with Gasteiger partial charge in [-0.25, -0.2) is 4.98 Å². The number of aromatic nitrogens is 1. The molecule has 7 heteroatoms. The Morgan fingerprint density at radius 1 is 1.29 bits per heavy atom. The summed E-state index contributed by atoms with van der Waals surface area (Å²) >= 11 is 6.05. The molecule has 0 aliphatic carbocycles. The van der Waals surface area contributed by atoms with Crippen LogP contribution in [0.1, 0.15) is 15.9 Å². The fourth-order valence-corrected chi connectivity index (χ4v) is 2.65. The van der Waals surface area contributed by atoms with E-state index in [1.165, 1.54) is 0 Å². The number of benzene rings is 1. The molecule has 2 heterocycles. The van der Waals surface area contributed by atoms with E-state index in [1.54, 1.807) is 35.4 Å². The van der Waals surface area contributed by atoms with Crippen LogP contribution in [0.25, 0.3) is 0 Å². The maximum atomic E-state index is 12.4. The van der Waals surface area contributed by atoms with Crippen molar-refractivity contribution in [1.29, 1.82) is 0 Å². The highest BCUT2D eigenvalue weighted by atomic mass is 35.5. The van der Waals surface area contributed by atoms with Crippen LogP contribution < -0.4 is 10.6 Å². The summed E-state index contributed by atoms with van der Waals surface area (Å²) in [5.41, 5.74) is 1.58. The van der Waals surface area contributed by atoms with Gasteiger partial charge < -0.3 is 15.5 Å². The van der Waals surface area contributed by atoms with Crippen LogP contribution in [-0.4, -0.2) is 41.3 Å². The fraction of sp³-hybridized carbons (Fsp3) is 0.235. The molecule has 0 bridgehead atoms. The maximum absolute atomic E-state index is 12.4. The van der Waals surface area contributed by atoms with Crippen LogP contribution >= 0.6 is 11.6 Å². The van der Waals surface area contributed by atoms with Gasteiger partial charge in [-0.15, -0.1) is 0 Å². The molecule has 6 nitrogen and oxygen atoms in total. The molecule has 1 fully saturated rings. The molecule has 0 atom stereocenters. The van der Waals surface area contributed by atoms with Crippen molar-refractivity contribution in [2.24, 2.45) is 0 Å². The number of halogens is 1. The lowest BCUT2D eigenvalue weighted by Crippen LogP contribution is -2.49. The average molecular weight is 345 g/mol. The number of anilines is 1. The Bertz CT molecular complexity index is 749. The van der Waals surface area contributed by atoms with Crippen LogP contribution in [0.5, 0.6) is 0 Å². The molecule has 0 unspecified atom stereocenters. The summed E-state index contributed by atoms with van der Waals surface area (Å²) in [5.74, 6) is 0.374. The van der Waals surface area contributed by atoms with E-state index in [2.05, 4.69) is 15.6 Å². The predicted octanol–water partition coefficient (Wildman–Crippen LogP) is 1.92. The molecule has 0 radical (unpaired) electrons. The molecule has 1 saturated heterocycles. The molecule has 124 valence electrons. The molecule has 1 aliphatic heterocycles. The summed E-state index contributed by atoms with van der Waals surface area (Å²) in [7, 11) is 0. The molecule has 1 aromatic heterocycles. The van der Waals surface area contributed by atoms with Crippen molar-refractivity contribution in [2.75, 3.05) is 25.0 Å². The van der Waals surface area contributed by atoms with Gasteiger partial charge in [-0.05, 0) is 29.8 Å². The molecule has 2 aromatic rings. The molecule has 3 rings (SSSR count). The molecule has 1 aliphatic rings. The van der Waals surface area contributed by atoms with Gasteiger partial charge in [0.15, 0.2) is 0 Å². The van der Waals surface area contributed by atoms with Crippen LogP contribution in [0.3, 0.4) is 0 Å². The lowest BCUT2D eigenvalue weighted by Gasteiger charge is -2.26. The van der Waals surface area contributed by atoms with Crippen molar-refractivity contribution < 1.29 is 9.59 Å². The third-order valence-corrected chi connectivity index (χ3v) is 4.05. The minimum absolute atomic E-state index is 0.111. The average Bonchev–Trinajstić information content (AvgIpc) is 2.61. The Labute approximate surface area is 144 Å². The smallest absolute Gasteiger partial charge is 0.254 e. The predicted molar refractivity (Wildman–Crippen MR) is 91.9 cm³/mol. The number of carbonyl (C=O) groups excluding carboxylic acids is 2.